The quantitative estimate of drug-likeness (QED) is 0.814. The number of carbonyl (C=O) groups excluding carboxylic acids is 1. The van der Waals surface area contributed by atoms with Gasteiger partial charge in [0, 0.05) is 6.54 Å². The van der Waals surface area contributed by atoms with Crippen LogP contribution in [0.4, 0.5) is 0 Å². The van der Waals surface area contributed by atoms with Gasteiger partial charge in [-0.15, -0.1) is 0 Å². The van der Waals surface area contributed by atoms with Gasteiger partial charge in [-0.1, -0.05) is 6.92 Å². The zero-order valence-corrected chi connectivity index (χ0v) is 12.1. The van der Waals surface area contributed by atoms with Crippen molar-refractivity contribution in [3.63, 3.8) is 0 Å². The molecule has 0 radical (unpaired) electrons. The van der Waals surface area contributed by atoms with Crippen LogP contribution in [0.1, 0.15) is 40.0 Å². The number of amides is 1. The first-order valence-corrected chi connectivity index (χ1v) is 8.32. The van der Waals surface area contributed by atoms with Crippen molar-refractivity contribution in [3.8, 4) is 0 Å². The van der Waals surface area contributed by atoms with E-state index in [1.54, 1.807) is 4.90 Å². The van der Waals surface area contributed by atoms with Crippen molar-refractivity contribution in [2.75, 3.05) is 12.3 Å². The standard InChI is InChI=1S/C12H22N2O3S/c1-4-12(3)11(15)14(9(2)13-12)8-10-6-5-7-18(10,16)17/h9-10,13H,4-8H2,1-3H3. The Morgan fingerprint density at radius 1 is 1.50 bits per heavy atom. The van der Waals surface area contributed by atoms with Crippen LogP contribution < -0.4 is 5.32 Å². The molecular formula is C12H22N2O3S. The number of hydrogen-bond donors (Lipinski definition) is 1. The number of rotatable bonds is 3. The fraction of sp³-hybridized carbons (Fsp3) is 0.917. The summed E-state index contributed by atoms with van der Waals surface area (Å²) in [6.07, 6.45) is 2.03. The molecule has 0 bridgehead atoms. The van der Waals surface area contributed by atoms with Gasteiger partial charge in [-0.3, -0.25) is 10.1 Å². The van der Waals surface area contributed by atoms with E-state index < -0.39 is 15.4 Å². The topological polar surface area (TPSA) is 66.5 Å². The van der Waals surface area contributed by atoms with Crippen LogP contribution in [0.15, 0.2) is 0 Å². The summed E-state index contributed by atoms with van der Waals surface area (Å²) < 4.78 is 23.7. The Hall–Kier alpha value is -0.620. The number of carbonyl (C=O) groups is 1. The molecule has 104 valence electrons. The summed E-state index contributed by atoms with van der Waals surface area (Å²) in [5.41, 5.74) is -0.540. The van der Waals surface area contributed by atoms with Crippen LogP contribution in [0.25, 0.3) is 0 Å². The predicted molar refractivity (Wildman–Crippen MR) is 69.8 cm³/mol. The van der Waals surface area contributed by atoms with Crippen molar-refractivity contribution >= 4 is 15.7 Å². The third-order valence-electron chi connectivity index (χ3n) is 4.30. The normalized spacial score (nSPS) is 39.5. The Balaban J connectivity index is 2.13. The minimum atomic E-state index is -2.99. The summed E-state index contributed by atoms with van der Waals surface area (Å²) in [5, 5.41) is 2.89. The van der Waals surface area contributed by atoms with Crippen LogP contribution in [0.3, 0.4) is 0 Å². The molecular weight excluding hydrogens is 252 g/mol. The summed E-state index contributed by atoms with van der Waals surface area (Å²) in [4.78, 5) is 14.0. The predicted octanol–water partition coefficient (Wildman–Crippen LogP) is 0.510. The largest absolute Gasteiger partial charge is 0.325 e. The first-order valence-electron chi connectivity index (χ1n) is 6.60. The number of nitrogens with one attached hydrogen (secondary N) is 1. The van der Waals surface area contributed by atoms with Gasteiger partial charge in [-0.05, 0) is 33.1 Å². The molecule has 0 aliphatic carbocycles. The van der Waals surface area contributed by atoms with Crippen molar-refractivity contribution in [2.24, 2.45) is 0 Å². The maximum Gasteiger partial charge on any atom is 0.243 e. The van der Waals surface area contributed by atoms with Crippen LogP contribution in [0.2, 0.25) is 0 Å². The van der Waals surface area contributed by atoms with E-state index in [4.69, 9.17) is 0 Å². The molecule has 2 rings (SSSR count). The van der Waals surface area contributed by atoms with Crippen molar-refractivity contribution in [1.82, 2.24) is 10.2 Å². The van der Waals surface area contributed by atoms with Crippen LogP contribution in [-0.2, 0) is 14.6 Å². The van der Waals surface area contributed by atoms with Crippen molar-refractivity contribution in [3.05, 3.63) is 0 Å². The maximum atomic E-state index is 12.3. The monoisotopic (exact) mass is 274 g/mol. The number of nitrogens with zero attached hydrogens (tertiary/aromatic N) is 1. The molecule has 2 aliphatic heterocycles. The molecule has 1 amide bonds. The second kappa shape index (κ2) is 4.49. The van der Waals surface area contributed by atoms with E-state index in [1.165, 1.54) is 0 Å². The zero-order valence-electron chi connectivity index (χ0n) is 11.3. The third kappa shape index (κ3) is 2.16. The summed E-state index contributed by atoms with van der Waals surface area (Å²) in [7, 11) is -2.99. The fourth-order valence-electron chi connectivity index (χ4n) is 2.87. The highest BCUT2D eigenvalue weighted by atomic mass is 32.2. The molecule has 2 fully saturated rings. The van der Waals surface area contributed by atoms with E-state index in [2.05, 4.69) is 5.32 Å². The number of sulfone groups is 1. The minimum absolute atomic E-state index is 0.0274. The summed E-state index contributed by atoms with van der Waals surface area (Å²) in [5.74, 6) is 0.298. The van der Waals surface area contributed by atoms with Gasteiger partial charge in [0.05, 0.1) is 22.7 Å². The summed E-state index contributed by atoms with van der Waals surface area (Å²) >= 11 is 0. The van der Waals surface area contributed by atoms with E-state index in [1.807, 2.05) is 20.8 Å². The lowest BCUT2D eigenvalue weighted by molar-refractivity contribution is -0.132. The van der Waals surface area contributed by atoms with Crippen molar-refractivity contribution in [1.29, 1.82) is 0 Å². The van der Waals surface area contributed by atoms with Crippen LogP contribution >= 0.6 is 0 Å². The van der Waals surface area contributed by atoms with Crippen LogP contribution in [0.5, 0.6) is 0 Å². The van der Waals surface area contributed by atoms with E-state index in [-0.39, 0.29) is 23.1 Å². The molecule has 2 aliphatic rings. The average molecular weight is 274 g/mol. The van der Waals surface area contributed by atoms with E-state index in [9.17, 15) is 13.2 Å². The van der Waals surface area contributed by atoms with Gasteiger partial charge in [0.1, 0.15) is 0 Å². The van der Waals surface area contributed by atoms with Crippen molar-refractivity contribution in [2.45, 2.75) is 57.0 Å². The first-order chi connectivity index (χ1) is 8.30. The highest BCUT2D eigenvalue weighted by Gasteiger charge is 2.46. The minimum Gasteiger partial charge on any atom is -0.325 e. The molecule has 0 saturated carbocycles. The van der Waals surface area contributed by atoms with Gasteiger partial charge in [0.2, 0.25) is 5.91 Å². The SMILES string of the molecule is CCC1(C)NC(C)N(CC2CCCS2(=O)=O)C1=O. The van der Waals surface area contributed by atoms with Gasteiger partial charge >= 0.3 is 0 Å². The lowest BCUT2D eigenvalue weighted by Crippen LogP contribution is -2.44. The zero-order chi connectivity index (χ0) is 13.6. The molecule has 1 N–H and O–H groups in total. The Labute approximate surface area is 109 Å². The first kappa shape index (κ1) is 13.8. The average Bonchev–Trinajstić information content (AvgIpc) is 2.73. The highest BCUT2D eigenvalue weighted by molar-refractivity contribution is 7.92. The van der Waals surface area contributed by atoms with Crippen LogP contribution in [-0.4, -0.2) is 48.5 Å². The number of hydrogen-bond acceptors (Lipinski definition) is 4. The maximum absolute atomic E-state index is 12.3. The molecule has 6 heteroatoms. The molecule has 0 aromatic heterocycles. The van der Waals surface area contributed by atoms with Gasteiger partial charge in [0.25, 0.3) is 0 Å². The third-order valence-corrected chi connectivity index (χ3v) is 6.56. The van der Waals surface area contributed by atoms with Crippen LogP contribution in [0, 0.1) is 0 Å². The van der Waals surface area contributed by atoms with Gasteiger partial charge in [-0.2, -0.15) is 0 Å². The molecule has 0 aromatic carbocycles. The Kier molecular flexibility index (Phi) is 3.44. The van der Waals surface area contributed by atoms with Gasteiger partial charge in [0.15, 0.2) is 9.84 Å². The van der Waals surface area contributed by atoms with E-state index >= 15 is 0 Å². The van der Waals surface area contributed by atoms with E-state index in [0.717, 1.165) is 6.42 Å². The molecule has 0 spiro atoms. The molecule has 3 atom stereocenters. The second-order valence-electron chi connectivity index (χ2n) is 5.59. The Bertz CT molecular complexity index is 448. The van der Waals surface area contributed by atoms with E-state index in [0.29, 0.717) is 19.4 Å². The molecule has 0 aromatic rings. The highest BCUT2D eigenvalue weighted by Crippen LogP contribution is 2.27. The van der Waals surface area contributed by atoms with Gasteiger partial charge in [-0.25, -0.2) is 8.42 Å². The second-order valence-corrected chi connectivity index (χ2v) is 8.00. The Morgan fingerprint density at radius 2 is 2.17 bits per heavy atom. The van der Waals surface area contributed by atoms with Crippen molar-refractivity contribution < 1.29 is 13.2 Å². The summed E-state index contributed by atoms with van der Waals surface area (Å²) in [6, 6.07) is 0. The fourth-order valence-corrected chi connectivity index (χ4v) is 4.69. The summed E-state index contributed by atoms with van der Waals surface area (Å²) in [6.45, 7) is 6.10. The smallest absolute Gasteiger partial charge is 0.243 e. The van der Waals surface area contributed by atoms with Gasteiger partial charge < -0.3 is 4.90 Å². The lowest BCUT2D eigenvalue weighted by Gasteiger charge is -2.24. The molecule has 3 unspecified atom stereocenters. The Morgan fingerprint density at radius 3 is 2.61 bits per heavy atom. The lowest BCUT2D eigenvalue weighted by atomic mass is 9.99. The molecule has 5 nitrogen and oxygen atoms in total. The molecule has 2 saturated heterocycles. The molecule has 2 heterocycles. The molecule has 18 heavy (non-hydrogen) atoms.